The zero-order valence-corrected chi connectivity index (χ0v) is 18.2. The van der Waals surface area contributed by atoms with Gasteiger partial charge in [0.15, 0.2) is 5.82 Å². The summed E-state index contributed by atoms with van der Waals surface area (Å²) in [6.45, 7) is 4.69. The Hall–Kier alpha value is -3.21. The minimum absolute atomic E-state index is 0.0368. The maximum Gasteiger partial charge on any atom is 0.336 e. The zero-order chi connectivity index (χ0) is 22.3. The molecular weight excluding hydrogens is 412 g/mol. The minimum atomic E-state index is -0.315. The Bertz CT molecular complexity index is 1040. The van der Waals surface area contributed by atoms with Crippen molar-refractivity contribution < 1.29 is 14.3 Å². The first kappa shape index (κ1) is 20.7. The van der Waals surface area contributed by atoms with Crippen molar-refractivity contribution in [3.8, 4) is 5.82 Å². The molecule has 3 aliphatic rings. The molecule has 2 aliphatic heterocycles. The van der Waals surface area contributed by atoms with Gasteiger partial charge in [0.25, 0.3) is 0 Å². The molecular formula is C21H26N8O3. The van der Waals surface area contributed by atoms with Crippen molar-refractivity contribution in [3.63, 3.8) is 0 Å². The lowest BCUT2D eigenvalue weighted by Gasteiger charge is -2.37. The summed E-state index contributed by atoms with van der Waals surface area (Å²) in [6, 6.07) is 0.352. The van der Waals surface area contributed by atoms with Gasteiger partial charge >= 0.3 is 5.97 Å². The first-order valence-electron chi connectivity index (χ1n) is 11.0. The largest absolute Gasteiger partial charge is 0.456 e. The Balaban J connectivity index is 1.18. The average Bonchev–Trinajstić information content (AvgIpc) is 3.53. The first-order valence-corrected chi connectivity index (χ1v) is 11.0. The average molecular weight is 438 g/mol. The van der Waals surface area contributed by atoms with Crippen molar-refractivity contribution in [2.24, 2.45) is 5.41 Å². The van der Waals surface area contributed by atoms with Crippen LogP contribution in [0.5, 0.6) is 0 Å². The highest BCUT2D eigenvalue weighted by Crippen LogP contribution is 2.46. The van der Waals surface area contributed by atoms with E-state index in [1.807, 2.05) is 0 Å². The number of carbonyl (C=O) groups is 2. The van der Waals surface area contributed by atoms with E-state index in [0.717, 1.165) is 43.5 Å². The molecule has 0 bridgehead atoms. The third kappa shape index (κ3) is 3.56. The highest BCUT2D eigenvalue weighted by atomic mass is 16.5. The van der Waals surface area contributed by atoms with Gasteiger partial charge in [-0.15, -0.1) is 5.10 Å². The number of cyclic esters (lactones) is 1. The summed E-state index contributed by atoms with van der Waals surface area (Å²) in [5, 5.41) is 14.7. The maximum absolute atomic E-state index is 13.3. The molecule has 1 amide bonds. The molecule has 1 spiro atoms. The molecule has 2 aromatic rings. The van der Waals surface area contributed by atoms with Crippen LogP contribution in [0.4, 0.5) is 0 Å². The second kappa shape index (κ2) is 8.05. The molecule has 2 aromatic heterocycles. The maximum atomic E-state index is 13.3. The summed E-state index contributed by atoms with van der Waals surface area (Å²) in [5.41, 5.74) is 1.84. The summed E-state index contributed by atoms with van der Waals surface area (Å²) >= 11 is 0. The van der Waals surface area contributed by atoms with Crippen LogP contribution >= 0.6 is 0 Å². The molecule has 0 aromatic carbocycles. The molecule has 1 N–H and O–H groups in total. The van der Waals surface area contributed by atoms with E-state index in [9.17, 15) is 9.59 Å². The van der Waals surface area contributed by atoms with Crippen LogP contribution in [0, 0.1) is 5.41 Å². The molecule has 1 atom stereocenters. The van der Waals surface area contributed by atoms with E-state index in [-0.39, 0.29) is 29.9 Å². The number of likely N-dealkylation sites (tertiary alicyclic amines) is 1. The van der Waals surface area contributed by atoms with Gasteiger partial charge in [0.05, 0.1) is 34.8 Å². The van der Waals surface area contributed by atoms with E-state index in [1.165, 1.54) is 11.0 Å². The number of ether oxygens (including phenoxy) is 1. The number of nitrogens with one attached hydrogen (secondary N) is 1. The van der Waals surface area contributed by atoms with Crippen molar-refractivity contribution in [1.29, 1.82) is 0 Å². The van der Waals surface area contributed by atoms with E-state index in [0.29, 0.717) is 24.0 Å². The third-order valence-corrected chi connectivity index (χ3v) is 7.03. The van der Waals surface area contributed by atoms with E-state index in [1.54, 1.807) is 24.2 Å². The number of rotatable bonds is 5. The van der Waals surface area contributed by atoms with Crippen LogP contribution in [-0.4, -0.2) is 66.1 Å². The van der Waals surface area contributed by atoms with Crippen molar-refractivity contribution in [1.82, 2.24) is 40.4 Å². The molecule has 4 heterocycles. The van der Waals surface area contributed by atoms with Gasteiger partial charge in [-0.3, -0.25) is 9.78 Å². The van der Waals surface area contributed by atoms with Crippen molar-refractivity contribution in [2.45, 2.75) is 58.0 Å². The molecule has 1 saturated carbocycles. The molecule has 11 nitrogen and oxygen atoms in total. The van der Waals surface area contributed by atoms with Gasteiger partial charge < -0.3 is 15.0 Å². The lowest BCUT2D eigenvalue weighted by molar-refractivity contribution is -0.138. The second-order valence-electron chi connectivity index (χ2n) is 8.85. The van der Waals surface area contributed by atoms with Gasteiger partial charge in [0.1, 0.15) is 12.9 Å². The Morgan fingerprint density at radius 1 is 1.19 bits per heavy atom. The van der Waals surface area contributed by atoms with Crippen LogP contribution in [0.25, 0.3) is 5.82 Å². The Morgan fingerprint density at radius 2 is 2.00 bits per heavy atom. The van der Waals surface area contributed by atoms with Crippen molar-refractivity contribution in [2.75, 3.05) is 13.2 Å². The highest BCUT2D eigenvalue weighted by molar-refractivity contribution is 5.94. The van der Waals surface area contributed by atoms with Crippen LogP contribution in [0.3, 0.4) is 0 Å². The molecule has 32 heavy (non-hydrogen) atoms. The molecule has 11 heteroatoms. The number of hydrogen-bond acceptors (Lipinski definition) is 9. The fourth-order valence-corrected chi connectivity index (χ4v) is 5.01. The van der Waals surface area contributed by atoms with E-state index in [4.69, 9.17) is 4.74 Å². The summed E-state index contributed by atoms with van der Waals surface area (Å²) in [6.07, 6.45) is 9.24. The molecule has 1 aliphatic carbocycles. The third-order valence-electron chi connectivity index (χ3n) is 7.03. The molecule has 0 unspecified atom stereocenters. The molecule has 0 radical (unpaired) electrons. The Morgan fingerprint density at radius 3 is 2.62 bits per heavy atom. The van der Waals surface area contributed by atoms with Gasteiger partial charge in [0, 0.05) is 18.6 Å². The van der Waals surface area contributed by atoms with E-state index >= 15 is 0 Å². The summed E-state index contributed by atoms with van der Waals surface area (Å²) in [4.78, 5) is 35.7. The first-order chi connectivity index (χ1) is 15.5. The quantitative estimate of drug-likeness (QED) is 0.682. The van der Waals surface area contributed by atoms with Crippen molar-refractivity contribution in [3.05, 3.63) is 35.7 Å². The molecule has 2 fully saturated rings. The Labute approximate surface area is 185 Å². The SMILES string of the molecule is CC1=C(N2CC[C@]3(CC[C@@H](N[C@H](C)c4cnc(-n5cnnn5)cn4)CC3)C2=O)COC1=O. The zero-order valence-electron chi connectivity index (χ0n) is 18.2. The highest BCUT2D eigenvalue weighted by Gasteiger charge is 2.50. The molecule has 1 saturated heterocycles. The summed E-state index contributed by atoms with van der Waals surface area (Å²) in [7, 11) is 0. The van der Waals surface area contributed by atoms with Gasteiger partial charge in [-0.25, -0.2) is 9.78 Å². The number of esters is 1. The standard InChI is InChI=1S/C21H26N8O3/c1-13-17(11-32-19(13)30)28-8-7-21(20(28)31)5-3-15(4-6-21)25-14(2)16-9-23-18(10-22-16)29-12-24-26-27-29/h9-10,12,14-15,25H,3-8,11H2,1-2H3/t14-,15-,21-/m1/s1. The number of carbonyl (C=O) groups excluding carboxylic acids is 2. The van der Waals surface area contributed by atoms with E-state index in [2.05, 4.69) is 37.7 Å². The van der Waals surface area contributed by atoms with Gasteiger partial charge in [-0.1, -0.05) is 0 Å². The second-order valence-corrected chi connectivity index (χ2v) is 8.85. The number of aromatic nitrogens is 6. The van der Waals surface area contributed by atoms with Crippen LogP contribution in [0.15, 0.2) is 30.0 Å². The molecule has 5 rings (SSSR count). The van der Waals surface area contributed by atoms with Crippen molar-refractivity contribution >= 4 is 11.9 Å². The lowest BCUT2D eigenvalue weighted by atomic mass is 9.71. The number of hydrogen-bond donors (Lipinski definition) is 1. The fraction of sp³-hybridized carbons (Fsp3) is 0.571. The minimum Gasteiger partial charge on any atom is -0.456 e. The van der Waals surface area contributed by atoms with Gasteiger partial charge in [-0.2, -0.15) is 4.68 Å². The van der Waals surface area contributed by atoms with Crippen LogP contribution in [-0.2, 0) is 14.3 Å². The molecule has 168 valence electrons. The topological polar surface area (TPSA) is 128 Å². The lowest BCUT2D eigenvalue weighted by Crippen LogP contribution is -2.42. The Kier molecular flexibility index (Phi) is 5.20. The van der Waals surface area contributed by atoms with Crippen LogP contribution < -0.4 is 5.32 Å². The number of nitrogens with zero attached hydrogens (tertiary/aromatic N) is 7. The van der Waals surface area contributed by atoms with Gasteiger partial charge in [0.2, 0.25) is 5.91 Å². The summed E-state index contributed by atoms with van der Waals surface area (Å²) in [5.74, 6) is 0.403. The van der Waals surface area contributed by atoms with Crippen LogP contribution in [0.2, 0.25) is 0 Å². The number of amides is 1. The van der Waals surface area contributed by atoms with Gasteiger partial charge in [-0.05, 0) is 56.4 Å². The monoisotopic (exact) mass is 438 g/mol. The smallest absolute Gasteiger partial charge is 0.336 e. The van der Waals surface area contributed by atoms with Crippen LogP contribution in [0.1, 0.15) is 57.7 Å². The summed E-state index contributed by atoms with van der Waals surface area (Å²) < 4.78 is 6.57. The predicted octanol–water partition coefficient (Wildman–Crippen LogP) is 1.09. The van der Waals surface area contributed by atoms with E-state index < -0.39 is 0 Å². The predicted molar refractivity (Wildman–Crippen MR) is 111 cm³/mol. The normalized spacial score (nSPS) is 26.8. The fourth-order valence-electron chi connectivity index (χ4n) is 5.01. The number of tetrazole rings is 1.